The van der Waals surface area contributed by atoms with Gasteiger partial charge in [-0.1, -0.05) is 45.7 Å². The van der Waals surface area contributed by atoms with E-state index in [-0.39, 0.29) is 27.3 Å². The molecule has 0 fully saturated rings. The zero-order valence-corrected chi connectivity index (χ0v) is 12.3. The predicted octanol–water partition coefficient (Wildman–Crippen LogP) is 2.93. The molecule has 0 aliphatic carbocycles. The van der Waals surface area contributed by atoms with Crippen molar-refractivity contribution in [1.82, 2.24) is 0 Å². The highest BCUT2D eigenvalue weighted by molar-refractivity contribution is 9.11. The lowest BCUT2D eigenvalue weighted by Gasteiger charge is -2.10. The van der Waals surface area contributed by atoms with Crippen LogP contribution in [0.2, 0.25) is 10.0 Å². The third-order valence-electron chi connectivity index (χ3n) is 1.70. The highest BCUT2D eigenvalue weighted by Gasteiger charge is 2.18. The fraction of sp³-hybridized carbons (Fsp3) is 0.111. The van der Waals surface area contributed by atoms with Crippen molar-refractivity contribution >= 4 is 49.2 Å². The number of primary sulfonamides is 1. The maximum Gasteiger partial charge on any atom is 0.239 e. The Morgan fingerprint density at radius 2 is 2.00 bits per heavy atom. The topological polar surface area (TPSA) is 69.4 Å². The van der Waals surface area contributed by atoms with Gasteiger partial charge in [0.25, 0.3) is 0 Å². The molecule has 1 aromatic carbocycles. The Labute approximate surface area is 118 Å². The van der Waals surface area contributed by atoms with Crippen LogP contribution in [0.25, 0.3) is 0 Å². The van der Waals surface area contributed by atoms with Gasteiger partial charge in [-0.2, -0.15) is 0 Å². The van der Waals surface area contributed by atoms with Gasteiger partial charge in [0, 0.05) is 4.48 Å². The molecule has 0 aliphatic rings. The molecule has 0 heterocycles. The van der Waals surface area contributed by atoms with Gasteiger partial charge in [0.05, 0.1) is 5.02 Å². The van der Waals surface area contributed by atoms with Crippen LogP contribution >= 0.6 is 39.1 Å². The van der Waals surface area contributed by atoms with E-state index in [2.05, 4.69) is 22.5 Å². The molecule has 4 nitrogen and oxygen atoms in total. The summed E-state index contributed by atoms with van der Waals surface area (Å²) in [6.07, 6.45) is 0. The second-order valence-electron chi connectivity index (χ2n) is 3.04. The van der Waals surface area contributed by atoms with E-state index in [4.69, 9.17) is 33.1 Å². The summed E-state index contributed by atoms with van der Waals surface area (Å²) in [6.45, 7) is 3.76. The first kappa shape index (κ1) is 14.8. The van der Waals surface area contributed by atoms with Crippen molar-refractivity contribution < 1.29 is 13.2 Å². The number of sulfonamides is 1. The molecule has 8 heteroatoms. The number of rotatable bonds is 4. The summed E-state index contributed by atoms with van der Waals surface area (Å²) < 4.78 is 28.2. The summed E-state index contributed by atoms with van der Waals surface area (Å²) >= 11 is 14.8. The van der Waals surface area contributed by atoms with E-state index in [0.29, 0.717) is 4.48 Å². The van der Waals surface area contributed by atoms with E-state index in [1.807, 2.05) is 0 Å². The van der Waals surface area contributed by atoms with Crippen LogP contribution < -0.4 is 9.88 Å². The lowest BCUT2D eigenvalue weighted by Crippen LogP contribution is -2.13. The maximum absolute atomic E-state index is 11.2. The molecule has 0 aromatic heterocycles. The van der Waals surface area contributed by atoms with Gasteiger partial charge >= 0.3 is 0 Å². The molecular weight excluding hydrogens is 353 g/mol. The van der Waals surface area contributed by atoms with Crippen LogP contribution in [-0.2, 0) is 10.0 Å². The molecule has 0 atom stereocenters. The van der Waals surface area contributed by atoms with Crippen LogP contribution in [0, 0.1) is 0 Å². The first-order chi connectivity index (χ1) is 7.73. The monoisotopic (exact) mass is 359 g/mol. The van der Waals surface area contributed by atoms with Crippen molar-refractivity contribution in [2.75, 3.05) is 6.61 Å². The maximum atomic E-state index is 11.2. The van der Waals surface area contributed by atoms with E-state index < -0.39 is 10.0 Å². The fourth-order valence-corrected chi connectivity index (χ4v) is 2.48. The molecule has 0 unspecified atom stereocenters. The third kappa shape index (κ3) is 3.86. The van der Waals surface area contributed by atoms with Crippen LogP contribution in [0.3, 0.4) is 0 Å². The lowest BCUT2D eigenvalue weighted by atomic mass is 10.3. The van der Waals surface area contributed by atoms with E-state index in [9.17, 15) is 8.42 Å². The SMILES string of the molecule is C=C(Br)COc1ccc(S(N)(=O)=O)c(Cl)c1Cl. The van der Waals surface area contributed by atoms with Crippen molar-refractivity contribution in [2.45, 2.75) is 4.90 Å². The summed E-state index contributed by atoms with van der Waals surface area (Å²) in [7, 11) is -3.90. The number of halogens is 3. The Balaban J connectivity index is 3.16. The zero-order chi connectivity index (χ0) is 13.2. The van der Waals surface area contributed by atoms with Crippen LogP contribution in [0.5, 0.6) is 5.75 Å². The summed E-state index contributed by atoms with van der Waals surface area (Å²) in [5.74, 6) is 0.254. The highest BCUT2D eigenvalue weighted by Crippen LogP contribution is 2.36. The van der Waals surface area contributed by atoms with Gasteiger partial charge in [0.2, 0.25) is 10.0 Å². The van der Waals surface area contributed by atoms with Gasteiger partial charge in [-0.15, -0.1) is 0 Å². The van der Waals surface area contributed by atoms with Crippen molar-refractivity contribution in [2.24, 2.45) is 5.14 Å². The van der Waals surface area contributed by atoms with Crippen LogP contribution in [0.4, 0.5) is 0 Å². The molecule has 0 aliphatic heterocycles. The molecule has 0 spiro atoms. The first-order valence-electron chi connectivity index (χ1n) is 4.20. The summed E-state index contributed by atoms with van der Waals surface area (Å²) in [6, 6.07) is 2.61. The van der Waals surface area contributed by atoms with E-state index >= 15 is 0 Å². The van der Waals surface area contributed by atoms with Gasteiger partial charge in [0.15, 0.2) is 0 Å². The Kier molecular flexibility index (Phi) is 4.86. The third-order valence-corrected chi connectivity index (χ3v) is 3.86. The minimum absolute atomic E-state index is 0.00746. The molecule has 17 heavy (non-hydrogen) atoms. The minimum Gasteiger partial charge on any atom is -0.487 e. The first-order valence-corrected chi connectivity index (χ1v) is 7.30. The molecule has 0 saturated carbocycles. The molecule has 0 amide bonds. The Morgan fingerprint density at radius 1 is 1.41 bits per heavy atom. The van der Waals surface area contributed by atoms with E-state index in [1.165, 1.54) is 12.1 Å². The Morgan fingerprint density at radius 3 is 2.47 bits per heavy atom. The normalized spacial score (nSPS) is 11.3. The molecule has 2 N–H and O–H groups in total. The number of benzene rings is 1. The summed E-state index contributed by atoms with van der Waals surface area (Å²) in [5.41, 5.74) is 0. The molecule has 0 saturated heterocycles. The lowest BCUT2D eigenvalue weighted by molar-refractivity contribution is 0.361. The predicted molar refractivity (Wildman–Crippen MR) is 71.4 cm³/mol. The largest absolute Gasteiger partial charge is 0.487 e. The molecule has 94 valence electrons. The van der Waals surface area contributed by atoms with Gasteiger partial charge in [0.1, 0.15) is 22.3 Å². The molecule has 1 aromatic rings. The summed E-state index contributed by atoms with van der Waals surface area (Å²) in [4.78, 5) is -0.241. The average molecular weight is 361 g/mol. The van der Waals surface area contributed by atoms with Crippen LogP contribution in [0.15, 0.2) is 28.1 Å². The number of hydrogen-bond donors (Lipinski definition) is 1. The van der Waals surface area contributed by atoms with Crippen molar-refractivity contribution in [1.29, 1.82) is 0 Å². The molecule has 0 bridgehead atoms. The van der Waals surface area contributed by atoms with E-state index in [1.54, 1.807) is 0 Å². The van der Waals surface area contributed by atoms with Crippen LogP contribution in [-0.4, -0.2) is 15.0 Å². The standard InChI is InChI=1S/C9H8BrCl2NO3S/c1-5(10)4-16-6-2-3-7(17(13,14)15)9(12)8(6)11/h2-3H,1,4H2,(H2,13,14,15). The minimum atomic E-state index is -3.90. The fourth-order valence-electron chi connectivity index (χ4n) is 1.00. The van der Waals surface area contributed by atoms with Gasteiger partial charge in [-0.3, -0.25) is 0 Å². The smallest absolute Gasteiger partial charge is 0.239 e. The average Bonchev–Trinajstić information content (AvgIpc) is 2.18. The Bertz CT molecular complexity index is 560. The second kappa shape index (κ2) is 5.58. The van der Waals surface area contributed by atoms with Crippen molar-refractivity contribution in [3.63, 3.8) is 0 Å². The zero-order valence-electron chi connectivity index (χ0n) is 8.41. The van der Waals surface area contributed by atoms with Gasteiger partial charge < -0.3 is 4.74 Å². The number of ether oxygens (including phenoxy) is 1. The quantitative estimate of drug-likeness (QED) is 0.897. The summed E-state index contributed by atoms with van der Waals surface area (Å²) in [5, 5.41) is 4.80. The molecule has 0 radical (unpaired) electrons. The number of hydrogen-bond acceptors (Lipinski definition) is 3. The van der Waals surface area contributed by atoms with Gasteiger partial charge in [-0.05, 0) is 12.1 Å². The van der Waals surface area contributed by atoms with Crippen LogP contribution in [0.1, 0.15) is 0 Å². The van der Waals surface area contributed by atoms with Crippen molar-refractivity contribution in [3.8, 4) is 5.75 Å². The number of nitrogens with two attached hydrogens (primary N) is 1. The molecule has 1 rings (SSSR count). The second-order valence-corrected chi connectivity index (χ2v) is 6.45. The van der Waals surface area contributed by atoms with Gasteiger partial charge in [-0.25, -0.2) is 13.6 Å². The van der Waals surface area contributed by atoms with E-state index in [0.717, 1.165) is 0 Å². The Hall–Kier alpha value is -0.270. The highest BCUT2D eigenvalue weighted by atomic mass is 79.9. The molecular formula is C9H8BrCl2NO3S. The van der Waals surface area contributed by atoms with Crippen molar-refractivity contribution in [3.05, 3.63) is 33.2 Å².